The first-order valence-electron chi connectivity index (χ1n) is 10.6. The first kappa shape index (κ1) is 22.9. The zero-order valence-corrected chi connectivity index (χ0v) is 18.7. The summed E-state index contributed by atoms with van der Waals surface area (Å²) in [5, 5.41) is 0.830. The van der Waals surface area contributed by atoms with E-state index < -0.39 is 0 Å². The minimum Gasteiger partial charge on any atom is -0.369 e. The van der Waals surface area contributed by atoms with Crippen LogP contribution in [0, 0.1) is 11.8 Å². The molecule has 8 nitrogen and oxygen atoms in total. The smallest absolute Gasteiger partial charge is 0.167 e. The van der Waals surface area contributed by atoms with Gasteiger partial charge in [-0.25, -0.2) is 15.0 Å². The van der Waals surface area contributed by atoms with Gasteiger partial charge in [-0.05, 0) is 6.42 Å². The molecule has 0 N–H and O–H groups in total. The second kappa shape index (κ2) is 11.0. The highest BCUT2D eigenvalue weighted by atomic mass is 16.7. The van der Waals surface area contributed by atoms with Gasteiger partial charge in [-0.2, -0.15) is 0 Å². The molecular formula is C23H31N5O3. The first-order chi connectivity index (χ1) is 15.1. The fraction of sp³-hybridized carbons (Fsp3) is 0.522. The summed E-state index contributed by atoms with van der Waals surface area (Å²) in [6.07, 6.45) is 8.95. The Bertz CT molecular complexity index is 973. The Morgan fingerprint density at radius 3 is 2.94 bits per heavy atom. The van der Waals surface area contributed by atoms with E-state index >= 15 is 0 Å². The van der Waals surface area contributed by atoms with Crippen molar-refractivity contribution >= 4 is 23.2 Å². The minimum absolute atomic E-state index is 0.0203. The van der Waals surface area contributed by atoms with Crippen molar-refractivity contribution in [3.63, 3.8) is 0 Å². The Kier molecular flexibility index (Phi) is 8.18. The van der Waals surface area contributed by atoms with Crippen LogP contribution in [0.3, 0.4) is 0 Å². The van der Waals surface area contributed by atoms with Gasteiger partial charge in [-0.3, -0.25) is 0 Å². The normalized spacial score (nSPS) is 20.8. The van der Waals surface area contributed by atoms with E-state index in [0.717, 1.165) is 29.4 Å². The number of ether oxygens (including phenoxy) is 3. The molecule has 1 saturated heterocycles. The van der Waals surface area contributed by atoms with Crippen molar-refractivity contribution < 1.29 is 14.2 Å². The Labute approximate surface area is 183 Å². The van der Waals surface area contributed by atoms with Crippen molar-refractivity contribution in [3.8, 4) is 11.8 Å². The molecule has 31 heavy (non-hydrogen) atoms. The summed E-state index contributed by atoms with van der Waals surface area (Å²) >= 11 is 0. The van der Waals surface area contributed by atoms with E-state index in [2.05, 4.69) is 40.3 Å². The largest absolute Gasteiger partial charge is 0.369 e. The predicted molar refractivity (Wildman–Crippen MR) is 121 cm³/mol. The Hall–Kier alpha value is -2.73. The van der Waals surface area contributed by atoms with Crippen molar-refractivity contribution in [2.45, 2.75) is 51.5 Å². The molecule has 2 aromatic heterocycles. The molecule has 0 bridgehead atoms. The van der Waals surface area contributed by atoms with Crippen LogP contribution in [-0.2, 0) is 14.2 Å². The van der Waals surface area contributed by atoms with Crippen LogP contribution in [0.15, 0.2) is 30.2 Å². The van der Waals surface area contributed by atoms with E-state index in [1.807, 2.05) is 36.7 Å². The third kappa shape index (κ3) is 5.50. The van der Waals surface area contributed by atoms with Crippen LogP contribution in [0.4, 0.5) is 5.82 Å². The molecule has 0 amide bonds. The predicted octanol–water partition coefficient (Wildman–Crippen LogP) is 3.66. The van der Waals surface area contributed by atoms with Crippen molar-refractivity contribution in [1.29, 1.82) is 0 Å². The van der Waals surface area contributed by atoms with Crippen molar-refractivity contribution in [1.82, 2.24) is 19.4 Å². The molecule has 1 aliphatic rings. The second-order valence-electron chi connectivity index (χ2n) is 7.47. The van der Waals surface area contributed by atoms with Crippen LogP contribution < -0.4 is 0 Å². The lowest BCUT2D eigenvalue weighted by atomic mass is 10.1. The molecule has 3 rings (SSSR count). The molecule has 1 fully saturated rings. The fourth-order valence-corrected chi connectivity index (χ4v) is 3.51. The molecular weight excluding hydrogens is 394 g/mol. The molecule has 3 atom stereocenters. The lowest BCUT2D eigenvalue weighted by molar-refractivity contribution is -0.105. The van der Waals surface area contributed by atoms with Crippen molar-refractivity contribution in [3.05, 3.63) is 30.7 Å². The molecule has 2 unspecified atom stereocenters. The van der Waals surface area contributed by atoms with Crippen LogP contribution in [0.25, 0.3) is 11.0 Å². The van der Waals surface area contributed by atoms with Crippen LogP contribution in [0.5, 0.6) is 0 Å². The number of rotatable bonds is 9. The maximum absolute atomic E-state index is 6.34. The molecule has 3 heterocycles. The van der Waals surface area contributed by atoms with Gasteiger partial charge >= 0.3 is 0 Å². The zero-order valence-electron chi connectivity index (χ0n) is 18.7. The van der Waals surface area contributed by atoms with E-state index in [1.165, 1.54) is 6.33 Å². The molecule has 0 saturated carbocycles. The average molecular weight is 426 g/mol. The van der Waals surface area contributed by atoms with Crippen LogP contribution in [0.1, 0.15) is 44.9 Å². The van der Waals surface area contributed by atoms with Crippen molar-refractivity contribution in [2.75, 3.05) is 27.5 Å². The minimum atomic E-state index is -0.213. The average Bonchev–Trinajstić information content (AvgIpc) is 3.35. The Balaban J connectivity index is 1.94. The number of hydrogen-bond donors (Lipinski definition) is 0. The van der Waals surface area contributed by atoms with Gasteiger partial charge in [0.25, 0.3) is 0 Å². The molecule has 166 valence electrons. The quantitative estimate of drug-likeness (QED) is 0.152. The van der Waals surface area contributed by atoms with E-state index in [9.17, 15) is 0 Å². The summed E-state index contributed by atoms with van der Waals surface area (Å²) < 4.78 is 19.7. The third-order valence-electron chi connectivity index (χ3n) is 4.89. The van der Waals surface area contributed by atoms with Gasteiger partial charge in [0.05, 0.1) is 36.1 Å². The number of aliphatic imine (C=N–C) groups is 1. The summed E-state index contributed by atoms with van der Waals surface area (Å²) in [7, 11) is 3.84. The third-order valence-corrected chi connectivity index (χ3v) is 4.89. The highest BCUT2D eigenvalue weighted by molar-refractivity contribution is 5.93. The summed E-state index contributed by atoms with van der Waals surface area (Å²) in [4.78, 5) is 15.3. The molecule has 0 aliphatic carbocycles. The lowest BCUT2D eigenvalue weighted by Crippen LogP contribution is -2.24. The van der Waals surface area contributed by atoms with Gasteiger partial charge in [-0.1, -0.05) is 31.8 Å². The van der Waals surface area contributed by atoms with Crippen LogP contribution >= 0.6 is 0 Å². The maximum Gasteiger partial charge on any atom is 0.167 e. The summed E-state index contributed by atoms with van der Waals surface area (Å²) in [5.41, 5.74) is 1.60. The maximum atomic E-state index is 6.34. The number of nitrogens with zero attached hydrogens (tertiary/aromatic N) is 5. The highest BCUT2D eigenvalue weighted by Crippen LogP contribution is 2.37. The van der Waals surface area contributed by atoms with Gasteiger partial charge in [0, 0.05) is 33.1 Å². The van der Waals surface area contributed by atoms with Gasteiger partial charge in [0.15, 0.2) is 5.82 Å². The summed E-state index contributed by atoms with van der Waals surface area (Å²) in [6, 6.07) is 0. The summed E-state index contributed by atoms with van der Waals surface area (Å²) in [6.45, 7) is 8.45. The lowest BCUT2D eigenvalue weighted by Gasteiger charge is -2.16. The number of hydrogen-bond acceptors (Lipinski definition) is 6. The summed E-state index contributed by atoms with van der Waals surface area (Å²) in [5.74, 6) is 6.98. The number of aromatic nitrogens is 3. The van der Waals surface area contributed by atoms with E-state index in [4.69, 9.17) is 14.2 Å². The van der Waals surface area contributed by atoms with E-state index in [1.54, 1.807) is 12.4 Å². The first-order valence-corrected chi connectivity index (χ1v) is 10.6. The van der Waals surface area contributed by atoms with Gasteiger partial charge in [0.1, 0.15) is 25.0 Å². The Morgan fingerprint density at radius 1 is 1.39 bits per heavy atom. The zero-order chi connectivity index (χ0) is 22.2. The van der Waals surface area contributed by atoms with Gasteiger partial charge in [0.2, 0.25) is 0 Å². The van der Waals surface area contributed by atoms with Gasteiger partial charge < -0.3 is 23.7 Å². The molecule has 0 spiro atoms. The Morgan fingerprint density at radius 2 is 2.23 bits per heavy atom. The topological polar surface area (TPSA) is 74.0 Å². The molecule has 1 aliphatic heterocycles. The molecule has 2 aromatic rings. The second-order valence-corrected chi connectivity index (χ2v) is 7.47. The molecule has 0 aromatic carbocycles. The monoisotopic (exact) mass is 425 g/mol. The van der Waals surface area contributed by atoms with E-state index in [0.29, 0.717) is 18.8 Å². The molecule has 8 heteroatoms. The number of fused-ring (bicyclic) bond motifs is 1. The van der Waals surface area contributed by atoms with Crippen molar-refractivity contribution in [2.24, 2.45) is 4.99 Å². The SMILES string of the molecule is C=CCOCO[C@@H]1CC(n2cc(C#CCC)c3c(N=CN(C)C)ncnc32)OC1CC. The van der Waals surface area contributed by atoms with Crippen LogP contribution in [0.2, 0.25) is 0 Å². The highest BCUT2D eigenvalue weighted by Gasteiger charge is 2.37. The fourth-order valence-electron chi connectivity index (χ4n) is 3.51. The molecule has 0 radical (unpaired) electrons. The van der Waals surface area contributed by atoms with Gasteiger partial charge in [-0.15, -0.1) is 6.58 Å². The van der Waals surface area contributed by atoms with Crippen LogP contribution in [-0.4, -0.2) is 65.5 Å². The standard InChI is InChI=1S/C23H31N5O3/c1-6-9-10-17-13-28(23-21(17)22(24-14-25-23)26-15-27(4)5)20-12-19(18(8-3)31-20)30-16-29-11-7-2/h7,13-15,18-20H,2,6,8,11-12,16H2,1,3-5H3/t18?,19-,20?/m1/s1. The van der Waals surface area contributed by atoms with E-state index in [-0.39, 0.29) is 25.2 Å².